The summed E-state index contributed by atoms with van der Waals surface area (Å²) in [7, 11) is 1.60. The SMILES string of the molecule is COc1ccc([C@@H](C)N)c(OC(C)C(C)O)c1. The second kappa shape index (κ2) is 5.89. The minimum atomic E-state index is -0.540. The number of nitrogens with two attached hydrogens (primary N) is 1. The van der Waals surface area contributed by atoms with Crippen molar-refractivity contribution < 1.29 is 14.6 Å². The quantitative estimate of drug-likeness (QED) is 0.823. The van der Waals surface area contributed by atoms with Gasteiger partial charge < -0.3 is 20.3 Å². The van der Waals surface area contributed by atoms with E-state index < -0.39 is 6.10 Å². The van der Waals surface area contributed by atoms with Gasteiger partial charge in [0, 0.05) is 17.7 Å². The van der Waals surface area contributed by atoms with E-state index in [-0.39, 0.29) is 12.1 Å². The lowest BCUT2D eigenvalue weighted by Crippen LogP contribution is -2.26. The zero-order valence-corrected chi connectivity index (χ0v) is 10.8. The highest BCUT2D eigenvalue weighted by atomic mass is 16.5. The molecule has 0 aromatic heterocycles. The molecular weight excluding hydrogens is 218 g/mol. The minimum absolute atomic E-state index is 0.128. The molecule has 4 nitrogen and oxygen atoms in total. The molecule has 0 bridgehead atoms. The highest BCUT2D eigenvalue weighted by Crippen LogP contribution is 2.29. The molecule has 0 fully saturated rings. The van der Waals surface area contributed by atoms with E-state index in [1.807, 2.05) is 26.0 Å². The van der Waals surface area contributed by atoms with Gasteiger partial charge in [-0.2, -0.15) is 0 Å². The maximum atomic E-state index is 9.45. The summed E-state index contributed by atoms with van der Waals surface area (Å²) >= 11 is 0. The molecule has 0 saturated heterocycles. The van der Waals surface area contributed by atoms with Gasteiger partial charge in [0.05, 0.1) is 13.2 Å². The van der Waals surface area contributed by atoms with Crippen molar-refractivity contribution in [3.63, 3.8) is 0 Å². The fraction of sp³-hybridized carbons (Fsp3) is 0.538. The van der Waals surface area contributed by atoms with Crippen LogP contribution in [0.25, 0.3) is 0 Å². The summed E-state index contributed by atoms with van der Waals surface area (Å²) in [6, 6.07) is 5.39. The number of ether oxygens (including phenoxy) is 2. The summed E-state index contributed by atoms with van der Waals surface area (Å²) in [5.74, 6) is 1.37. The molecule has 3 N–H and O–H groups in total. The van der Waals surface area contributed by atoms with E-state index in [9.17, 15) is 5.11 Å². The molecule has 1 rings (SSSR count). The zero-order chi connectivity index (χ0) is 13.0. The van der Waals surface area contributed by atoms with Crippen LogP contribution in [0, 0.1) is 0 Å². The number of hydrogen-bond donors (Lipinski definition) is 2. The summed E-state index contributed by atoms with van der Waals surface area (Å²) in [4.78, 5) is 0. The second-order valence-corrected chi connectivity index (χ2v) is 4.26. The number of hydrogen-bond acceptors (Lipinski definition) is 4. The third-order valence-corrected chi connectivity index (χ3v) is 2.70. The number of benzene rings is 1. The van der Waals surface area contributed by atoms with Gasteiger partial charge in [-0.15, -0.1) is 0 Å². The van der Waals surface area contributed by atoms with Crippen LogP contribution in [-0.2, 0) is 0 Å². The first kappa shape index (κ1) is 13.8. The van der Waals surface area contributed by atoms with Crippen LogP contribution in [0.15, 0.2) is 18.2 Å². The first-order chi connectivity index (χ1) is 7.95. The average Bonchev–Trinajstić information content (AvgIpc) is 2.28. The molecule has 1 aromatic rings. The molecular formula is C13H21NO3. The number of methoxy groups -OCH3 is 1. The van der Waals surface area contributed by atoms with Crippen molar-refractivity contribution in [2.75, 3.05) is 7.11 Å². The van der Waals surface area contributed by atoms with Gasteiger partial charge in [0.15, 0.2) is 0 Å². The topological polar surface area (TPSA) is 64.7 Å². The van der Waals surface area contributed by atoms with Crippen LogP contribution in [0.3, 0.4) is 0 Å². The maximum absolute atomic E-state index is 9.45. The molecule has 2 unspecified atom stereocenters. The Bertz CT molecular complexity index is 364. The molecule has 0 saturated carbocycles. The van der Waals surface area contributed by atoms with E-state index in [2.05, 4.69) is 0 Å². The molecule has 17 heavy (non-hydrogen) atoms. The standard InChI is InChI=1S/C13H21NO3/c1-8(14)12-6-5-11(16-4)7-13(12)17-10(3)9(2)15/h5-10,15H,14H2,1-4H3/t8-,9?,10?/m1/s1. The third-order valence-electron chi connectivity index (χ3n) is 2.70. The number of aliphatic hydroxyl groups excluding tert-OH is 1. The maximum Gasteiger partial charge on any atom is 0.128 e. The second-order valence-electron chi connectivity index (χ2n) is 4.26. The lowest BCUT2D eigenvalue weighted by molar-refractivity contribution is 0.0595. The minimum Gasteiger partial charge on any atom is -0.497 e. The highest BCUT2D eigenvalue weighted by Gasteiger charge is 2.15. The summed E-state index contributed by atoms with van der Waals surface area (Å²) in [6.07, 6.45) is -0.832. The van der Waals surface area contributed by atoms with Crippen LogP contribution in [0.1, 0.15) is 32.4 Å². The summed E-state index contributed by atoms with van der Waals surface area (Å²) in [5.41, 5.74) is 6.78. The van der Waals surface area contributed by atoms with Gasteiger partial charge in [0.2, 0.25) is 0 Å². The molecule has 0 heterocycles. The summed E-state index contributed by atoms with van der Waals surface area (Å²) in [5, 5.41) is 9.45. The van der Waals surface area contributed by atoms with E-state index in [0.717, 1.165) is 5.56 Å². The Labute approximate surface area is 102 Å². The van der Waals surface area contributed by atoms with Crippen molar-refractivity contribution in [2.45, 2.75) is 39.0 Å². The first-order valence-corrected chi connectivity index (χ1v) is 5.74. The van der Waals surface area contributed by atoms with E-state index in [1.54, 1.807) is 20.1 Å². The Morgan fingerprint density at radius 3 is 2.35 bits per heavy atom. The van der Waals surface area contributed by atoms with Crippen LogP contribution in [-0.4, -0.2) is 24.4 Å². The average molecular weight is 239 g/mol. The highest BCUT2D eigenvalue weighted by molar-refractivity contribution is 5.42. The van der Waals surface area contributed by atoms with Gasteiger partial charge in [0.25, 0.3) is 0 Å². The molecule has 0 spiro atoms. The van der Waals surface area contributed by atoms with Crippen LogP contribution < -0.4 is 15.2 Å². The number of aliphatic hydroxyl groups is 1. The van der Waals surface area contributed by atoms with Crippen molar-refractivity contribution in [1.82, 2.24) is 0 Å². The lowest BCUT2D eigenvalue weighted by Gasteiger charge is -2.21. The van der Waals surface area contributed by atoms with Crippen LogP contribution in [0.2, 0.25) is 0 Å². The van der Waals surface area contributed by atoms with Crippen molar-refractivity contribution in [3.8, 4) is 11.5 Å². The molecule has 4 heteroatoms. The molecule has 96 valence electrons. The Morgan fingerprint density at radius 1 is 1.24 bits per heavy atom. The normalized spacial score (nSPS) is 16.1. The van der Waals surface area contributed by atoms with E-state index >= 15 is 0 Å². The molecule has 3 atom stereocenters. The van der Waals surface area contributed by atoms with Gasteiger partial charge in [-0.3, -0.25) is 0 Å². The Kier molecular flexibility index (Phi) is 4.78. The molecule has 0 amide bonds. The lowest BCUT2D eigenvalue weighted by atomic mass is 10.1. The van der Waals surface area contributed by atoms with Crippen molar-refractivity contribution >= 4 is 0 Å². The summed E-state index contributed by atoms with van der Waals surface area (Å²) in [6.45, 7) is 5.40. The smallest absolute Gasteiger partial charge is 0.128 e. The van der Waals surface area contributed by atoms with Gasteiger partial charge >= 0.3 is 0 Å². The molecule has 0 aliphatic heterocycles. The van der Waals surface area contributed by atoms with Gasteiger partial charge in [-0.25, -0.2) is 0 Å². The molecule has 1 aromatic carbocycles. The summed E-state index contributed by atoms with van der Waals surface area (Å²) < 4.78 is 10.8. The van der Waals surface area contributed by atoms with Gasteiger partial charge in [0.1, 0.15) is 17.6 Å². The predicted octanol–water partition coefficient (Wildman–Crippen LogP) is 1.86. The van der Waals surface area contributed by atoms with Crippen LogP contribution in [0.4, 0.5) is 0 Å². The van der Waals surface area contributed by atoms with Gasteiger partial charge in [-0.1, -0.05) is 6.07 Å². The predicted molar refractivity (Wildman–Crippen MR) is 67.4 cm³/mol. The van der Waals surface area contributed by atoms with Crippen molar-refractivity contribution in [1.29, 1.82) is 0 Å². The van der Waals surface area contributed by atoms with Crippen LogP contribution in [0.5, 0.6) is 11.5 Å². The van der Waals surface area contributed by atoms with Crippen LogP contribution >= 0.6 is 0 Å². The molecule has 0 aliphatic carbocycles. The Morgan fingerprint density at radius 2 is 1.88 bits per heavy atom. The van der Waals surface area contributed by atoms with Crippen molar-refractivity contribution in [3.05, 3.63) is 23.8 Å². The van der Waals surface area contributed by atoms with Crippen molar-refractivity contribution in [2.24, 2.45) is 5.73 Å². The molecule has 0 radical (unpaired) electrons. The Hall–Kier alpha value is -1.26. The van der Waals surface area contributed by atoms with E-state index in [4.69, 9.17) is 15.2 Å². The Balaban J connectivity index is 3.00. The first-order valence-electron chi connectivity index (χ1n) is 5.74. The van der Waals surface area contributed by atoms with E-state index in [1.165, 1.54) is 0 Å². The monoisotopic (exact) mass is 239 g/mol. The van der Waals surface area contributed by atoms with Gasteiger partial charge in [-0.05, 0) is 26.8 Å². The zero-order valence-electron chi connectivity index (χ0n) is 10.8. The molecule has 0 aliphatic rings. The number of rotatable bonds is 5. The largest absolute Gasteiger partial charge is 0.497 e. The van der Waals surface area contributed by atoms with E-state index in [0.29, 0.717) is 11.5 Å². The fourth-order valence-electron chi connectivity index (χ4n) is 1.42. The third kappa shape index (κ3) is 3.61. The fourth-order valence-corrected chi connectivity index (χ4v) is 1.42.